The highest BCUT2D eigenvalue weighted by atomic mass is 16.5. The molecule has 0 aromatic heterocycles. The minimum Gasteiger partial charge on any atom is -0.481 e. The molecule has 0 spiro atoms. The summed E-state index contributed by atoms with van der Waals surface area (Å²) in [6.07, 6.45) is 1.30. The second-order valence-corrected chi connectivity index (χ2v) is 9.23. The third-order valence-corrected chi connectivity index (χ3v) is 7.38. The van der Waals surface area contributed by atoms with Gasteiger partial charge >= 0.3 is 12.1 Å². The average Bonchev–Trinajstić information content (AvgIpc) is 3.47. The number of benzene rings is 2. The minimum atomic E-state index is -0.844. The summed E-state index contributed by atoms with van der Waals surface area (Å²) in [6, 6.07) is 15.3. The van der Waals surface area contributed by atoms with Crippen LogP contribution in [0.5, 0.6) is 0 Å². The van der Waals surface area contributed by atoms with Crippen molar-refractivity contribution in [1.29, 1.82) is 0 Å². The van der Waals surface area contributed by atoms with Crippen LogP contribution in [0.3, 0.4) is 0 Å². The van der Waals surface area contributed by atoms with Gasteiger partial charge < -0.3 is 20.1 Å². The Morgan fingerprint density at radius 1 is 1.09 bits per heavy atom. The topological polar surface area (TPSA) is 95.9 Å². The SMILES string of the molecule is CCC[C@H](NC(=O)OCC1c2ccccc2-c2ccccc21)C(=O)N1CC2CC1C2C(=O)O. The number of nitrogens with zero attached hydrogens (tertiary/aromatic N) is 1. The van der Waals surface area contributed by atoms with Gasteiger partial charge in [0.15, 0.2) is 0 Å². The molecule has 2 aliphatic carbocycles. The van der Waals surface area contributed by atoms with Crippen LogP contribution in [0.2, 0.25) is 0 Å². The molecule has 3 fully saturated rings. The lowest BCUT2D eigenvalue weighted by molar-refractivity contribution is -0.148. The molecule has 1 saturated carbocycles. The summed E-state index contributed by atoms with van der Waals surface area (Å²) in [5.41, 5.74) is 4.57. The van der Waals surface area contributed by atoms with Crippen LogP contribution in [0.25, 0.3) is 11.1 Å². The summed E-state index contributed by atoms with van der Waals surface area (Å²) in [5.74, 6) is -1.56. The minimum absolute atomic E-state index is 0.0215. The summed E-state index contributed by atoms with van der Waals surface area (Å²) in [7, 11) is 0. The van der Waals surface area contributed by atoms with E-state index in [-0.39, 0.29) is 30.4 Å². The maximum Gasteiger partial charge on any atom is 0.407 e. The van der Waals surface area contributed by atoms with E-state index in [1.807, 2.05) is 31.2 Å². The summed E-state index contributed by atoms with van der Waals surface area (Å²) >= 11 is 0. The number of carbonyl (C=O) groups excluding carboxylic acids is 2. The molecule has 2 aromatic carbocycles. The summed E-state index contributed by atoms with van der Waals surface area (Å²) in [5, 5.41) is 12.1. The Balaban J connectivity index is 1.24. The number of amides is 2. The van der Waals surface area contributed by atoms with Gasteiger partial charge in [-0.2, -0.15) is 0 Å². The third-order valence-electron chi connectivity index (χ3n) is 7.38. The molecule has 2 bridgehead atoms. The van der Waals surface area contributed by atoms with E-state index < -0.39 is 24.0 Å². The van der Waals surface area contributed by atoms with Crippen molar-refractivity contribution >= 4 is 18.0 Å². The Labute approximate surface area is 192 Å². The van der Waals surface area contributed by atoms with Crippen molar-refractivity contribution in [2.45, 2.75) is 44.2 Å². The second kappa shape index (κ2) is 8.54. The maximum absolute atomic E-state index is 13.1. The molecule has 6 rings (SSSR count). The summed E-state index contributed by atoms with van der Waals surface area (Å²) in [4.78, 5) is 38.9. The van der Waals surface area contributed by atoms with Crippen molar-refractivity contribution < 1.29 is 24.2 Å². The number of nitrogens with one attached hydrogen (secondary N) is 1. The molecular weight excluding hydrogens is 420 g/mol. The molecule has 2 amide bonds. The van der Waals surface area contributed by atoms with Crippen LogP contribution in [0.4, 0.5) is 4.79 Å². The fraction of sp³-hybridized carbons (Fsp3) is 0.423. The smallest absolute Gasteiger partial charge is 0.407 e. The predicted octanol–water partition coefficient (Wildman–Crippen LogP) is 3.63. The first-order valence-corrected chi connectivity index (χ1v) is 11.6. The first-order chi connectivity index (χ1) is 16.0. The number of rotatable bonds is 7. The highest BCUT2D eigenvalue weighted by molar-refractivity contribution is 5.88. The highest BCUT2D eigenvalue weighted by Crippen LogP contribution is 2.47. The van der Waals surface area contributed by atoms with Gasteiger partial charge in [-0.1, -0.05) is 61.9 Å². The molecule has 4 aliphatic rings. The lowest BCUT2D eigenvalue weighted by atomic mass is 9.74. The number of hydrogen-bond acceptors (Lipinski definition) is 4. The third kappa shape index (κ3) is 3.65. The fourth-order valence-corrected chi connectivity index (χ4v) is 5.77. The fourth-order valence-electron chi connectivity index (χ4n) is 5.77. The molecular formula is C26H28N2O5. The molecule has 172 valence electrons. The van der Waals surface area contributed by atoms with Crippen molar-refractivity contribution in [3.8, 4) is 11.1 Å². The Morgan fingerprint density at radius 2 is 1.73 bits per heavy atom. The quantitative estimate of drug-likeness (QED) is 0.674. The van der Waals surface area contributed by atoms with Crippen molar-refractivity contribution in [3.05, 3.63) is 59.7 Å². The van der Waals surface area contributed by atoms with Crippen LogP contribution in [0, 0.1) is 11.8 Å². The molecule has 2 aromatic rings. The lowest BCUT2D eigenvalue weighted by Gasteiger charge is -2.34. The van der Waals surface area contributed by atoms with E-state index in [4.69, 9.17) is 4.74 Å². The van der Waals surface area contributed by atoms with Crippen molar-refractivity contribution in [1.82, 2.24) is 10.2 Å². The molecule has 2 saturated heterocycles. The number of carboxylic acids is 1. The van der Waals surface area contributed by atoms with Gasteiger partial charge in [0.25, 0.3) is 0 Å². The number of ether oxygens (including phenoxy) is 1. The predicted molar refractivity (Wildman–Crippen MR) is 122 cm³/mol. The number of fused-ring (bicyclic) bond motifs is 4. The van der Waals surface area contributed by atoms with Crippen LogP contribution in [-0.2, 0) is 14.3 Å². The molecule has 33 heavy (non-hydrogen) atoms. The van der Waals surface area contributed by atoms with Crippen LogP contribution in [0.1, 0.15) is 43.2 Å². The van der Waals surface area contributed by atoms with Gasteiger partial charge in [0.05, 0.1) is 5.92 Å². The van der Waals surface area contributed by atoms with Crippen LogP contribution in [0.15, 0.2) is 48.5 Å². The van der Waals surface area contributed by atoms with Crippen LogP contribution >= 0.6 is 0 Å². The van der Waals surface area contributed by atoms with Gasteiger partial charge in [0, 0.05) is 18.5 Å². The zero-order chi connectivity index (χ0) is 23.1. The van der Waals surface area contributed by atoms with E-state index in [1.54, 1.807) is 4.90 Å². The van der Waals surface area contributed by atoms with Crippen molar-refractivity contribution in [2.75, 3.05) is 13.2 Å². The summed E-state index contributed by atoms with van der Waals surface area (Å²) < 4.78 is 5.61. The van der Waals surface area contributed by atoms with Crippen molar-refractivity contribution in [3.63, 3.8) is 0 Å². The first-order valence-electron chi connectivity index (χ1n) is 11.6. The van der Waals surface area contributed by atoms with Gasteiger partial charge in [-0.3, -0.25) is 9.59 Å². The average molecular weight is 449 g/mol. The van der Waals surface area contributed by atoms with Gasteiger partial charge in [-0.15, -0.1) is 0 Å². The number of carbonyl (C=O) groups is 3. The van der Waals surface area contributed by atoms with Crippen LogP contribution < -0.4 is 5.32 Å². The van der Waals surface area contributed by atoms with E-state index >= 15 is 0 Å². The summed E-state index contributed by atoms with van der Waals surface area (Å²) in [6.45, 7) is 2.58. The van der Waals surface area contributed by atoms with E-state index in [1.165, 1.54) is 0 Å². The molecule has 7 heteroatoms. The number of hydrogen-bond donors (Lipinski definition) is 2. The Kier molecular flexibility index (Phi) is 5.56. The molecule has 2 aliphatic heterocycles. The van der Waals surface area contributed by atoms with Crippen LogP contribution in [-0.4, -0.2) is 53.2 Å². The molecule has 3 unspecified atom stereocenters. The van der Waals surface area contributed by atoms with E-state index in [2.05, 4.69) is 29.6 Å². The first kappa shape index (κ1) is 21.5. The van der Waals surface area contributed by atoms with E-state index in [0.29, 0.717) is 19.4 Å². The van der Waals surface area contributed by atoms with E-state index in [9.17, 15) is 19.5 Å². The standard InChI is InChI=1S/C26H28N2O5/c1-2-7-21(24(29)28-13-15-12-22(28)23(15)25(30)31)27-26(32)33-14-20-18-10-5-3-8-16(18)17-9-4-6-11-19(17)20/h3-6,8-11,15,20-23H,2,7,12-14H2,1H3,(H,27,32)(H,30,31)/t15?,21-,22?,23?/m0/s1. The number of aliphatic carboxylic acids is 1. The van der Waals surface area contributed by atoms with Gasteiger partial charge in [-0.05, 0) is 41.0 Å². The van der Waals surface area contributed by atoms with Gasteiger partial charge in [-0.25, -0.2) is 4.79 Å². The second-order valence-electron chi connectivity index (χ2n) is 9.23. The molecule has 7 nitrogen and oxygen atoms in total. The van der Waals surface area contributed by atoms with Gasteiger partial charge in [0.2, 0.25) is 5.91 Å². The molecule has 0 radical (unpaired) electrons. The zero-order valence-corrected chi connectivity index (χ0v) is 18.6. The molecule has 2 N–H and O–H groups in total. The highest BCUT2D eigenvalue weighted by Gasteiger charge is 2.57. The number of carboxylic acid groups (broad SMARTS) is 1. The Hall–Kier alpha value is -3.35. The lowest BCUT2D eigenvalue weighted by Crippen LogP contribution is -2.52. The molecule has 4 atom stereocenters. The Bertz CT molecular complexity index is 1050. The van der Waals surface area contributed by atoms with Gasteiger partial charge in [0.1, 0.15) is 12.6 Å². The number of alkyl carbamates (subject to hydrolysis) is 1. The van der Waals surface area contributed by atoms with E-state index in [0.717, 1.165) is 28.7 Å². The normalized spacial score (nSPS) is 23.3. The zero-order valence-electron chi connectivity index (χ0n) is 18.6. The maximum atomic E-state index is 13.1. The molecule has 2 heterocycles. The Morgan fingerprint density at radius 3 is 2.30 bits per heavy atom. The largest absolute Gasteiger partial charge is 0.481 e. The van der Waals surface area contributed by atoms with Crippen molar-refractivity contribution in [2.24, 2.45) is 11.8 Å². The monoisotopic (exact) mass is 448 g/mol.